The molecule has 0 aromatic heterocycles. The summed E-state index contributed by atoms with van der Waals surface area (Å²) in [6.07, 6.45) is -9.57. The summed E-state index contributed by atoms with van der Waals surface area (Å²) in [5.41, 5.74) is -2.30. The fourth-order valence-electron chi connectivity index (χ4n) is 2.35. The summed E-state index contributed by atoms with van der Waals surface area (Å²) >= 11 is 0. The monoisotopic (exact) mass is 490 g/mol. The molecule has 6 nitrogen and oxygen atoms in total. The molecule has 0 saturated carbocycles. The fourth-order valence-corrected chi connectivity index (χ4v) is 4.59. The second kappa shape index (κ2) is 9.14. The number of sulfonamides is 2. The molecule has 172 valence electrons. The largest absolute Gasteiger partial charge is 0.416 e. The Labute approximate surface area is 174 Å². The first-order valence-corrected chi connectivity index (χ1v) is 11.4. The van der Waals surface area contributed by atoms with Crippen molar-refractivity contribution in [2.24, 2.45) is 0 Å². The lowest BCUT2D eigenvalue weighted by Gasteiger charge is -2.11. The maximum absolute atomic E-state index is 12.7. The standard InChI is InChI=1S/C17H16F6N2O4S2/c18-16(19,20)12-4-1-6-14(10-12)30(26,27)24-8-3-9-25-31(28,29)15-7-2-5-13(11-15)17(21,22)23/h1-2,4-7,10-11,24-25H,3,8-9H2. The van der Waals surface area contributed by atoms with Crippen LogP contribution in [0.2, 0.25) is 0 Å². The molecule has 0 aliphatic carbocycles. The van der Waals surface area contributed by atoms with Gasteiger partial charge in [-0.3, -0.25) is 0 Å². The van der Waals surface area contributed by atoms with Gasteiger partial charge in [0.25, 0.3) is 0 Å². The van der Waals surface area contributed by atoms with Crippen LogP contribution >= 0.6 is 0 Å². The van der Waals surface area contributed by atoms with Crippen LogP contribution in [0.15, 0.2) is 58.3 Å². The van der Waals surface area contributed by atoms with Crippen LogP contribution in [0.4, 0.5) is 26.3 Å². The van der Waals surface area contributed by atoms with Crippen molar-refractivity contribution < 1.29 is 43.2 Å². The van der Waals surface area contributed by atoms with Gasteiger partial charge in [-0.05, 0) is 42.8 Å². The minimum absolute atomic E-state index is 0.115. The molecule has 0 fully saturated rings. The zero-order chi connectivity index (χ0) is 23.5. The smallest absolute Gasteiger partial charge is 0.211 e. The van der Waals surface area contributed by atoms with E-state index >= 15 is 0 Å². The quantitative estimate of drug-likeness (QED) is 0.439. The third kappa shape index (κ3) is 6.92. The maximum Gasteiger partial charge on any atom is 0.416 e. The van der Waals surface area contributed by atoms with Crippen molar-refractivity contribution in [1.82, 2.24) is 9.44 Å². The van der Waals surface area contributed by atoms with Crippen molar-refractivity contribution in [2.45, 2.75) is 28.6 Å². The van der Waals surface area contributed by atoms with Gasteiger partial charge in [-0.25, -0.2) is 26.3 Å². The molecule has 0 radical (unpaired) electrons. The molecule has 2 N–H and O–H groups in total. The zero-order valence-electron chi connectivity index (χ0n) is 15.5. The summed E-state index contributed by atoms with van der Waals surface area (Å²) in [5.74, 6) is 0. The number of benzene rings is 2. The Bertz CT molecular complexity index is 1040. The number of hydrogen-bond acceptors (Lipinski definition) is 4. The summed E-state index contributed by atoms with van der Waals surface area (Å²) in [6, 6.07) is 6.13. The summed E-state index contributed by atoms with van der Waals surface area (Å²) in [5, 5.41) is 0. The first-order valence-electron chi connectivity index (χ1n) is 8.47. The van der Waals surface area contributed by atoms with Crippen molar-refractivity contribution in [3.63, 3.8) is 0 Å². The van der Waals surface area contributed by atoms with E-state index < -0.39 is 53.3 Å². The number of alkyl halides is 6. The van der Waals surface area contributed by atoms with Crippen LogP contribution in [0.3, 0.4) is 0 Å². The van der Waals surface area contributed by atoms with E-state index in [2.05, 4.69) is 0 Å². The topological polar surface area (TPSA) is 92.3 Å². The van der Waals surface area contributed by atoms with E-state index in [4.69, 9.17) is 0 Å². The Kier molecular flexibility index (Phi) is 7.40. The van der Waals surface area contributed by atoms with Gasteiger partial charge in [0.2, 0.25) is 20.0 Å². The predicted molar refractivity (Wildman–Crippen MR) is 97.9 cm³/mol. The van der Waals surface area contributed by atoms with Crippen LogP contribution in [0.5, 0.6) is 0 Å². The summed E-state index contributed by atoms with van der Waals surface area (Å²) in [7, 11) is -8.57. The van der Waals surface area contributed by atoms with E-state index in [0.29, 0.717) is 24.3 Å². The van der Waals surface area contributed by atoms with E-state index in [9.17, 15) is 43.2 Å². The highest BCUT2D eigenvalue weighted by molar-refractivity contribution is 7.89. The number of hydrogen-bond donors (Lipinski definition) is 2. The Balaban J connectivity index is 1.94. The third-order valence-corrected chi connectivity index (χ3v) is 6.80. The van der Waals surface area contributed by atoms with Gasteiger partial charge in [0.15, 0.2) is 0 Å². The summed E-state index contributed by atoms with van der Waals surface area (Å²) < 4.78 is 129. The van der Waals surface area contributed by atoms with E-state index in [-0.39, 0.29) is 19.5 Å². The molecule has 0 amide bonds. The van der Waals surface area contributed by atoms with E-state index in [1.54, 1.807) is 0 Å². The van der Waals surface area contributed by atoms with Crippen molar-refractivity contribution in [3.05, 3.63) is 59.7 Å². The maximum atomic E-state index is 12.7. The highest BCUT2D eigenvalue weighted by Crippen LogP contribution is 2.31. The van der Waals surface area contributed by atoms with Crippen molar-refractivity contribution in [1.29, 1.82) is 0 Å². The lowest BCUT2D eigenvalue weighted by Crippen LogP contribution is -2.30. The molecule has 31 heavy (non-hydrogen) atoms. The molecule has 0 bridgehead atoms. The minimum Gasteiger partial charge on any atom is -0.211 e. The Morgan fingerprint density at radius 1 is 0.645 bits per heavy atom. The van der Waals surface area contributed by atoms with Crippen molar-refractivity contribution in [3.8, 4) is 0 Å². The molecule has 0 aliphatic heterocycles. The normalized spacial score (nSPS) is 13.4. The van der Waals surface area contributed by atoms with Crippen LogP contribution in [-0.4, -0.2) is 29.9 Å². The number of nitrogens with one attached hydrogen (secondary N) is 2. The van der Waals surface area contributed by atoms with Crippen LogP contribution in [0.1, 0.15) is 17.5 Å². The highest BCUT2D eigenvalue weighted by atomic mass is 32.2. The van der Waals surface area contributed by atoms with Crippen LogP contribution in [0.25, 0.3) is 0 Å². The number of rotatable bonds is 8. The highest BCUT2D eigenvalue weighted by Gasteiger charge is 2.32. The van der Waals surface area contributed by atoms with E-state index in [0.717, 1.165) is 24.3 Å². The second-order valence-electron chi connectivity index (χ2n) is 6.20. The van der Waals surface area contributed by atoms with Gasteiger partial charge in [0.1, 0.15) is 0 Å². The molecular formula is C17H16F6N2O4S2. The van der Waals surface area contributed by atoms with Crippen LogP contribution < -0.4 is 9.44 Å². The first kappa shape index (κ1) is 25.1. The minimum atomic E-state index is -4.73. The van der Waals surface area contributed by atoms with E-state index in [1.807, 2.05) is 9.44 Å². The van der Waals surface area contributed by atoms with Gasteiger partial charge in [-0.15, -0.1) is 0 Å². The molecule has 2 aromatic carbocycles. The Hall–Kier alpha value is -2.16. The second-order valence-corrected chi connectivity index (χ2v) is 9.73. The average molecular weight is 490 g/mol. The average Bonchev–Trinajstić information content (AvgIpc) is 2.66. The predicted octanol–water partition coefficient (Wildman–Crippen LogP) is 3.37. The molecule has 0 heterocycles. The molecule has 0 atom stereocenters. The van der Waals surface area contributed by atoms with E-state index in [1.165, 1.54) is 0 Å². The van der Waals surface area contributed by atoms with Crippen molar-refractivity contribution >= 4 is 20.0 Å². The first-order chi connectivity index (χ1) is 14.1. The molecule has 0 spiro atoms. The molecule has 2 aromatic rings. The van der Waals surface area contributed by atoms with Crippen LogP contribution in [-0.2, 0) is 32.4 Å². The van der Waals surface area contributed by atoms with Crippen molar-refractivity contribution in [2.75, 3.05) is 13.1 Å². The van der Waals surface area contributed by atoms with Crippen LogP contribution in [0, 0.1) is 0 Å². The summed E-state index contributed by atoms with van der Waals surface area (Å²) in [6.45, 7) is -0.659. The van der Waals surface area contributed by atoms with Gasteiger partial charge < -0.3 is 0 Å². The lowest BCUT2D eigenvalue weighted by molar-refractivity contribution is -0.138. The SMILES string of the molecule is O=S(=O)(NCCCNS(=O)(=O)c1cccc(C(F)(F)F)c1)c1cccc(C(F)(F)F)c1. The molecule has 0 unspecified atom stereocenters. The zero-order valence-corrected chi connectivity index (χ0v) is 17.1. The molecule has 2 rings (SSSR count). The summed E-state index contributed by atoms with van der Waals surface area (Å²) in [4.78, 5) is -1.24. The van der Waals surface area contributed by atoms with Gasteiger partial charge in [0.05, 0.1) is 20.9 Å². The third-order valence-electron chi connectivity index (χ3n) is 3.88. The fraction of sp³-hybridized carbons (Fsp3) is 0.294. The molecule has 0 aliphatic rings. The van der Waals surface area contributed by atoms with Gasteiger partial charge in [0, 0.05) is 13.1 Å². The molecular weight excluding hydrogens is 474 g/mol. The van der Waals surface area contributed by atoms with Gasteiger partial charge >= 0.3 is 12.4 Å². The number of halogens is 6. The van der Waals surface area contributed by atoms with Gasteiger partial charge in [-0.2, -0.15) is 26.3 Å². The Morgan fingerprint density at radius 3 is 1.32 bits per heavy atom. The molecule has 14 heteroatoms. The Morgan fingerprint density at radius 2 is 1.00 bits per heavy atom. The lowest BCUT2D eigenvalue weighted by atomic mass is 10.2. The molecule has 0 saturated heterocycles. The van der Waals surface area contributed by atoms with Gasteiger partial charge in [-0.1, -0.05) is 12.1 Å².